The second-order valence-electron chi connectivity index (χ2n) is 4.35. The Bertz CT molecular complexity index is 450. The summed E-state index contributed by atoms with van der Waals surface area (Å²) in [6.07, 6.45) is 3.12. The monoisotopic (exact) mass is 334 g/mol. The number of ether oxygens (including phenoxy) is 1. The Morgan fingerprint density at radius 1 is 1.50 bits per heavy atom. The van der Waals surface area contributed by atoms with Crippen molar-refractivity contribution in [3.8, 4) is 0 Å². The maximum absolute atomic E-state index is 11.7. The molecular formula is C11H15IN2O2. The predicted molar refractivity (Wildman–Crippen MR) is 69.5 cm³/mol. The molecule has 2 rings (SSSR count). The van der Waals surface area contributed by atoms with Crippen LogP contribution in [0.15, 0.2) is 4.79 Å². The summed E-state index contributed by atoms with van der Waals surface area (Å²) in [5, 5.41) is 0. The van der Waals surface area contributed by atoms with Crippen LogP contribution >= 0.6 is 22.6 Å². The maximum Gasteiger partial charge on any atom is 0.264 e. The fraction of sp³-hybridized carbons (Fsp3) is 0.636. The van der Waals surface area contributed by atoms with Crippen LogP contribution in [0, 0.1) is 10.5 Å². The Balaban J connectivity index is 2.43. The van der Waals surface area contributed by atoms with E-state index in [0.717, 1.165) is 31.6 Å². The predicted octanol–water partition coefficient (Wildman–Crippen LogP) is 2.10. The van der Waals surface area contributed by atoms with Crippen LogP contribution in [0.2, 0.25) is 0 Å². The lowest BCUT2D eigenvalue weighted by molar-refractivity contribution is -0.0763. The molecule has 5 heteroatoms. The summed E-state index contributed by atoms with van der Waals surface area (Å²) in [7, 11) is 0. The standard InChI is InChI=1S/C11H15IN2O2/c1-7-8(12)9(15)14-10(13-7)11(2)5-3-4-6-16-11/h3-6H2,1-2H3,(H,13,14,15). The molecule has 1 N–H and O–H groups in total. The molecule has 1 atom stereocenters. The molecule has 0 amide bonds. The van der Waals surface area contributed by atoms with Gasteiger partial charge >= 0.3 is 0 Å². The van der Waals surface area contributed by atoms with Gasteiger partial charge in [-0.25, -0.2) is 4.98 Å². The van der Waals surface area contributed by atoms with E-state index < -0.39 is 5.60 Å². The number of H-pyrrole nitrogens is 1. The van der Waals surface area contributed by atoms with Gasteiger partial charge in [0, 0.05) is 6.61 Å². The lowest BCUT2D eigenvalue weighted by atomic mass is 9.95. The van der Waals surface area contributed by atoms with E-state index >= 15 is 0 Å². The lowest BCUT2D eigenvalue weighted by Gasteiger charge is -2.32. The first-order valence-corrected chi connectivity index (χ1v) is 6.52. The van der Waals surface area contributed by atoms with Crippen molar-refractivity contribution in [3.05, 3.63) is 25.4 Å². The van der Waals surface area contributed by atoms with Crippen molar-refractivity contribution in [2.24, 2.45) is 0 Å². The lowest BCUT2D eigenvalue weighted by Crippen LogP contribution is -2.35. The minimum atomic E-state index is -0.424. The SMILES string of the molecule is Cc1nc(C2(C)CCCCO2)[nH]c(=O)c1I. The van der Waals surface area contributed by atoms with Gasteiger partial charge in [-0.2, -0.15) is 0 Å². The Kier molecular flexibility index (Phi) is 3.34. The van der Waals surface area contributed by atoms with Crippen LogP contribution in [0.5, 0.6) is 0 Å². The van der Waals surface area contributed by atoms with Crippen LogP contribution < -0.4 is 5.56 Å². The highest BCUT2D eigenvalue weighted by molar-refractivity contribution is 14.1. The van der Waals surface area contributed by atoms with Crippen molar-refractivity contribution in [2.75, 3.05) is 6.61 Å². The molecule has 1 fully saturated rings. The van der Waals surface area contributed by atoms with Crippen LogP contribution in [-0.2, 0) is 10.3 Å². The van der Waals surface area contributed by atoms with Gasteiger partial charge < -0.3 is 9.72 Å². The number of aromatic nitrogens is 2. The van der Waals surface area contributed by atoms with Crippen LogP contribution in [-0.4, -0.2) is 16.6 Å². The molecule has 88 valence electrons. The molecule has 0 radical (unpaired) electrons. The smallest absolute Gasteiger partial charge is 0.264 e. The van der Waals surface area contributed by atoms with E-state index in [1.54, 1.807) is 0 Å². The van der Waals surface area contributed by atoms with Gasteiger partial charge in [0.05, 0.1) is 9.26 Å². The molecular weight excluding hydrogens is 319 g/mol. The van der Waals surface area contributed by atoms with Gasteiger partial charge in [0.25, 0.3) is 5.56 Å². The zero-order chi connectivity index (χ0) is 11.8. The molecule has 1 unspecified atom stereocenters. The van der Waals surface area contributed by atoms with E-state index in [0.29, 0.717) is 9.39 Å². The highest BCUT2D eigenvalue weighted by atomic mass is 127. The largest absolute Gasteiger partial charge is 0.367 e. The van der Waals surface area contributed by atoms with E-state index in [2.05, 4.69) is 9.97 Å². The van der Waals surface area contributed by atoms with Crippen LogP contribution in [0.3, 0.4) is 0 Å². The van der Waals surface area contributed by atoms with Gasteiger partial charge in [0.1, 0.15) is 11.4 Å². The van der Waals surface area contributed by atoms with Crippen molar-refractivity contribution in [2.45, 2.75) is 38.7 Å². The minimum absolute atomic E-state index is 0.0708. The van der Waals surface area contributed by atoms with Gasteiger partial charge in [-0.1, -0.05) is 0 Å². The molecule has 1 aromatic rings. The summed E-state index contributed by atoms with van der Waals surface area (Å²) in [5.74, 6) is 0.662. The molecule has 1 aliphatic heterocycles. The normalized spacial score (nSPS) is 25.7. The molecule has 1 aliphatic rings. The summed E-state index contributed by atoms with van der Waals surface area (Å²) in [6, 6.07) is 0. The van der Waals surface area contributed by atoms with Crippen molar-refractivity contribution in [1.29, 1.82) is 0 Å². The number of hydrogen-bond donors (Lipinski definition) is 1. The number of nitrogens with one attached hydrogen (secondary N) is 1. The van der Waals surface area contributed by atoms with Gasteiger partial charge in [0.15, 0.2) is 0 Å². The first-order chi connectivity index (χ1) is 7.53. The Hall–Kier alpha value is -0.430. The van der Waals surface area contributed by atoms with E-state index in [1.807, 2.05) is 36.4 Å². The molecule has 0 aromatic carbocycles. The summed E-state index contributed by atoms with van der Waals surface area (Å²) in [4.78, 5) is 19.0. The molecule has 4 nitrogen and oxygen atoms in total. The summed E-state index contributed by atoms with van der Waals surface area (Å²) in [5.41, 5.74) is 0.278. The first-order valence-electron chi connectivity index (χ1n) is 5.44. The summed E-state index contributed by atoms with van der Waals surface area (Å²) >= 11 is 2.01. The highest BCUT2D eigenvalue weighted by Crippen LogP contribution is 2.32. The molecule has 0 aliphatic carbocycles. The van der Waals surface area contributed by atoms with Gasteiger partial charge in [-0.3, -0.25) is 4.79 Å². The quantitative estimate of drug-likeness (QED) is 0.801. The van der Waals surface area contributed by atoms with E-state index in [4.69, 9.17) is 4.74 Å². The fourth-order valence-corrected chi connectivity index (χ4v) is 2.20. The van der Waals surface area contributed by atoms with Crippen LogP contribution in [0.1, 0.15) is 37.7 Å². The van der Waals surface area contributed by atoms with E-state index in [-0.39, 0.29) is 5.56 Å². The third-order valence-corrected chi connectivity index (χ3v) is 4.27. The third kappa shape index (κ3) is 2.15. The van der Waals surface area contributed by atoms with Gasteiger partial charge in [-0.05, 0) is 55.7 Å². The fourth-order valence-electron chi connectivity index (χ4n) is 1.94. The number of hydrogen-bond acceptors (Lipinski definition) is 3. The van der Waals surface area contributed by atoms with Crippen molar-refractivity contribution in [1.82, 2.24) is 9.97 Å². The maximum atomic E-state index is 11.7. The molecule has 0 spiro atoms. The Labute approximate surface area is 108 Å². The van der Waals surface area contributed by atoms with Crippen molar-refractivity contribution >= 4 is 22.6 Å². The number of nitrogens with zero attached hydrogens (tertiary/aromatic N) is 1. The third-order valence-electron chi connectivity index (χ3n) is 3.00. The second kappa shape index (κ2) is 4.44. The van der Waals surface area contributed by atoms with Crippen molar-refractivity contribution in [3.63, 3.8) is 0 Å². The first kappa shape index (κ1) is 12.0. The number of halogens is 1. The number of aromatic amines is 1. The van der Waals surface area contributed by atoms with E-state index in [9.17, 15) is 4.79 Å². The molecule has 1 saturated heterocycles. The summed E-state index contributed by atoms with van der Waals surface area (Å²) in [6.45, 7) is 4.59. The van der Waals surface area contributed by atoms with Gasteiger partial charge in [-0.15, -0.1) is 0 Å². The van der Waals surface area contributed by atoms with Gasteiger partial charge in [0.2, 0.25) is 0 Å². The van der Waals surface area contributed by atoms with E-state index in [1.165, 1.54) is 0 Å². The molecule has 2 heterocycles. The molecule has 1 aromatic heterocycles. The zero-order valence-electron chi connectivity index (χ0n) is 9.47. The number of rotatable bonds is 1. The average Bonchev–Trinajstić information content (AvgIpc) is 2.26. The Morgan fingerprint density at radius 3 is 2.81 bits per heavy atom. The topological polar surface area (TPSA) is 55.0 Å². The number of aryl methyl sites for hydroxylation is 1. The zero-order valence-corrected chi connectivity index (χ0v) is 11.6. The average molecular weight is 334 g/mol. The molecule has 0 bridgehead atoms. The molecule has 16 heavy (non-hydrogen) atoms. The summed E-state index contributed by atoms with van der Waals surface area (Å²) < 4.78 is 6.42. The Morgan fingerprint density at radius 2 is 2.25 bits per heavy atom. The minimum Gasteiger partial charge on any atom is -0.367 e. The second-order valence-corrected chi connectivity index (χ2v) is 5.43. The molecule has 0 saturated carbocycles. The van der Waals surface area contributed by atoms with Crippen LogP contribution in [0.25, 0.3) is 0 Å². The van der Waals surface area contributed by atoms with Crippen molar-refractivity contribution < 1.29 is 4.74 Å². The highest BCUT2D eigenvalue weighted by Gasteiger charge is 2.32. The van der Waals surface area contributed by atoms with Crippen LogP contribution in [0.4, 0.5) is 0 Å².